The average Bonchev–Trinajstić information content (AvgIpc) is 2.48. The van der Waals surface area contributed by atoms with Crippen LogP contribution in [0.25, 0.3) is 0 Å². The summed E-state index contributed by atoms with van der Waals surface area (Å²) in [6, 6.07) is 1.89. The van der Waals surface area contributed by atoms with Crippen molar-refractivity contribution in [3.05, 3.63) is 11.9 Å². The molecule has 0 aromatic carbocycles. The first-order valence-corrected chi connectivity index (χ1v) is 8.08. The molecule has 1 aliphatic carbocycles. The molecule has 1 saturated heterocycles. The molecule has 0 radical (unpaired) electrons. The quantitative estimate of drug-likeness (QED) is 0.927. The Kier molecular flexibility index (Phi) is 4.29. The summed E-state index contributed by atoms with van der Waals surface area (Å²) in [7, 11) is 1.65. The normalized spacial score (nSPS) is 21.7. The van der Waals surface area contributed by atoms with Gasteiger partial charge in [0, 0.05) is 26.3 Å². The molecule has 0 unspecified atom stereocenters. The minimum Gasteiger partial charge on any atom is -0.384 e. The van der Waals surface area contributed by atoms with Gasteiger partial charge in [-0.15, -0.1) is 0 Å². The zero-order valence-corrected chi connectivity index (χ0v) is 13.0. The molecule has 1 spiro atoms. The average molecular weight is 290 g/mol. The topological polar surface area (TPSA) is 64.3 Å². The SMILES string of the molecule is COCc1nc(N)cc(N2CCC3(CCCCC3)CC2)n1. The third-order valence-corrected chi connectivity index (χ3v) is 5.11. The van der Waals surface area contributed by atoms with Crippen LogP contribution in [0.5, 0.6) is 0 Å². The summed E-state index contributed by atoms with van der Waals surface area (Å²) in [5, 5.41) is 0. The summed E-state index contributed by atoms with van der Waals surface area (Å²) in [6.07, 6.45) is 9.67. The van der Waals surface area contributed by atoms with Crippen molar-refractivity contribution in [1.29, 1.82) is 0 Å². The van der Waals surface area contributed by atoms with Crippen LogP contribution in [0.4, 0.5) is 11.6 Å². The molecule has 21 heavy (non-hydrogen) atoms. The van der Waals surface area contributed by atoms with Crippen molar-refractivity contribution in [2.75, 3.05) is 30.8 Å². The third kappa shape index (κ3) is 3.28. The fraction of sp³-hybridized carbons (Fsp3) is 0.750. The number of anilines is 2. The van der Waals surface area contributed by atoms with Gasteiger partial charge < -0.3 is 15.4 Å². The van der Waals surface area contributed by atoms with Gasteiger partial charge in [0.05, 0.1) is 0 Å². The highest BCUT2D eigenvalue weighted by molar-refractivity contribution is 5.47. The van der Waals surface area contributed by atoms with E-state index in [1.165, 1.54) is 44.9 Å². The summed E-state index contributed by atoms with van der Waals surface area (Å²) in [4.78, 5) is 11.2. The summed E-state index contributed by atoms with van der Waals surface area (Å²) in [5.41, 5.74) is 6.51. The minimum absolute atomic E-state index is 0.413. The van der Waals surface area contributed by atoms with E-state index < -0.39 is 0 Å². The summed E-state index contributed by atoms with van der Waals surface area (Å²) in [6.45, 7) is 2.58. The lowest BCUT2D eigenvalue weighted by Gasteiger charge is -2.44. The Hall–Kier alpha value is -1.36. The number of hydrogen-bond acceptors (Lipinski definition) is 5. The zero-order valence-electron chi connectivity index (χ0n) is 13.0. The molecule has 2 N–H and O–H groups in total. The van der Waals surface area contributed by atoms with E-state index in [4.69, 9.17) is 10.5 Å². The predicted octanol–water partition coefficient (Wildman–Crippen LogP) is 2.76. The lowest BCUT2D eigenvalue weighted by molar-refractivity contribution is 0.144. The Labute approximate surface area is 126 Å². The van der Waals surface area contributed by atoms with E-state index in [0.29, 0.717) is 23.7 Å². The first kappa shape index (κ1) is 14.6. The Morgan fingerprint density at radius 1 is 1.14 bits per heavy atom. The second-order valence-corrected chi connectivity index (χ2v) is 6.55. The molecule has 1 aliphatic heterocycles. The maximum absolute atomic E-state index is 5.90. The molecule has 5 nitrogen and oxygen atoms in total. The zero-order chi connectivity index (χ0) is 14.7. The molecule has 2 aliphatic rings. The van der Waals surface area contributed by atoms with Crippen LogP contribution in [-0.2, 0) is 11.3 Å². The van der Waals surface area contributed by atoms with Crippen molar-refractivity contribution >= 4 is 11.6 Å². The molecule has 1 aromatic rings. The molecule has 1 aromatic heterocycles. The minimum atomic E-state index is 0.413. The van der Waals surface area contributed by atoms with Crippen LogP contribution in [0.2, 0.25) is 0 Å². The molecular formula is C16H26N4O. The van der Waals surface area contributed by atoms with Crippen LogP contribution in [-0.4, -0.2) is 30.2 Å². The van der Waals surface area contributed by atoms with Gasteiger partial charge in [-0.3, -0.25) is 0 Å². The molecule has 116 valence electrons. The highest BCUT2D eigenvalue weighted by atomic mass is 16.5. The van der Waals surface area contributed by atoms with Crippen molar-refractivity contribution in [3.8, 4) is 0 Å². The van der Waals surface area contributed by atoms with Crippen LogP contribution in [0.1, 0.15) is 50.8 Å². The molecule has 2 heterocycles. The highest BCUT2D eigenvalue weighted by Gasteiger charge is 2.35. The second-order valence-electron chi connectivity index (χ2n) is 6.55. The van der Waals surface area contributed by atoms with Gasteiger partial charge in [-0.1, -0.05) is 19.3 Å². The Bertz CT molecular complexity index is 475. The van der Waals surface area contributed by atoms with Gasteiger partial charge in [0.15, 0.2) is 5.82 Å². The lowest BCUT2D eigenvalue weighted by Crippen LogP contribution is -2.41. The summed E-state index contributed by atoms with van der Waals surface area (Å²) >= 11 is 0. The lowest BCUT2D eigenvalue weighted by atomic mass is 9.68. The van der Waals surface area contributed by atoms with Crippen LogP contribution < -0.4 is 10.6 Å². The number of aromatic nitrogens is 2. The largest absolute Gasteiger partial charge is 0.384 e. The Morgan fingerprint density at radius 3 is 2.52 bits per heavy atom. The van der Waals surface area contributed by atoms with E-state index in [2.05, 4.69) is 14.9 Å². The first-order chi connectivity index (χ1) is 10.2. The summed E-state index contributed by atoms with van der Waals surface area (Å²) < 4.78 is 5.12. The van der Waals surface area contributed by atoms with Gasteiger partial charge in [0.25, 0.3) is 0 Å². The van der Waals surface area contributed by atoms with E-state index >= 15 is 0 Å². The fourth-order valence-electron chi connectivity index (χ4n) is 3.87. The second kappa shape index (κ2) is 6.18. The van der Waals surface area contributed by atoms with E-state index in [0.717, 1.165) is 18.9 Å². The smallest absolute Gasteiger partial charge is 0.158 e. The van der Waals surface area contributed by atoms with Gasteiger partial charge in [-0.25, -0.2) is 9.97 Å². The van der Waals surface area contributed by atoms with Crippen LogP contribution in [0.15, 0.2) is 6.07 Å². The number of nitrogens with two attached hydrogens (primary N) is 1. The van der Waals surface area contributed by atoms with Gasteiger partial charge in [-0.2, -0.15) is 0 Å². The predicted molar refractivity (Wildman–Crippen MR) is 84.1 cm³/mol. The molecular weight excluding hydrogens is 264 g/mol. The summed E-state index contributed by atoms with van der Waals surface area (Å²) in [5.74, 6) is 2.16. The van der Waals surface area contributed by atoms with Crippen molar-refractivity contribution in [1.82, 2.24) is 9.97 Å². The standard InChI is InChI=1S/C16H26N4O/c1-21-12-14-18-13(17)11-15(19-14)20-9-7-16(8-10-20)5-3-2-4-6-16/h11H,2-10,12H2,1H3,(H2,17,18,19). The van der Waals surface area contributed by atoms with Crippen LogP contribution >= 0.6 is 0 Å². The van der Waals surface area contributed by atoms with E-state index in [-0.39, 0.29) is 0 Å². The Morgan fingerprint density at radius 2 is 1.86 bits per heavy atom. The number of ether oxygens (including phenoxy) is 1. The molecule has 2 fully saturated rings. The van der Waals surface area contributed by atoms with Crippen LogP contribution in [0.3, 0.4) is 0 Å². The van der Waals surface area contributed by atoms with Gasteiger partial charge in [-0.05, 0) is 31.1 Å². The third-order valence-electron chi connectivity index (χ3n) is 5.11. The van der Waals surface area contributed by atoms with Gasteiger partial charge in [0.1, 0.15) is 18.2 Å². The van der Waals surface area contributed by atoms with E-state index in [1.54, 1.807) is 7.11 Å². The maximum atomic E-state index is 5.90. The van der Waals surface area contributed by atoms with Crippen molar-refractivity contribution in [3.63, 3.8) is 0 Å². The monoisotopic (exact) mass is 290 g/mol. The molecule has 0 atom stereocenters. The molecule has 0 amide bonds. The molecule has 5 heteroatoms. The number of nitrogen functional groups attached to an aromatic ring is 1. The van der Waals surface area contributed by atoms with E-state index in [9.17, 15) is 0 Å². The molecule has 1 saturated carbocycles. The molecule has 3 rings (SSSR count). The maximum Gasteiger partial charge on any atom is 0.158 e. The fourth-order valence-corrected chi connectivity index (χ4v) is 3.87. The van der Waals surface area contributed by atoms with Crippen LogP contribution in [0, 0.1) is 5.41 Å². The number of methoxy groups -OCH3 is 1. The number of nitrogens with zero attached hydrogens (tertiary/aromatic N) is 3. The van der Waals surface area contributed by atoms with Crippen molar-refractivity contribution in [2.24, 2.45) is 5.41 Å². The number of rotatable bonds is 3. The van der Waals surface area contributed by atoms with Crippen molar-refractivity contribution < 1.29 is 4.74 Å². The number of piperidine rings is 1. The van der Waals surface area contributed by atoms with Crippen molar-refractivity contribution in [2.45, 2.75) is 51.6 Å². The van der Waals surface area contributed by atoms with Gasteiger partial charge >= 0.3 is 0 Å². The van der Waals surface area contributed by atoms with Gasteiger partial charge in [0.2, 0.25) is 0 Å². The Balaban J connectivity index is 1.68. The van der Waals surface area contributed by atoms with E-state index in [1.807, 2.05) is 6.07 Å². The highest BCUT2D eigenvalue weighted by Crippen LogP contribution is 2.44. The first-order valence-electron chi connectivity index (χ1n) is 8.08. The number of hydrogen-bond donors (Lipinski definition) is 1. The molecule has 0 bridgehead atoms.